The second-order valence-corrected chi connectivity index (χ2v) is 7.70. The van der Waals surface area contributed by atoms with Gasteiger partial charge >= 0.3 is 0 Å². The third-order valence-corrected chi connectivity index (χ3v) is 5.45. The van der Waals surface area contributed by atoms with E-state index in [2.05, 4.69) is 49.2 Å². The number of hydrogen-bond acceptors (Lipinski definition) is 5. The maximum Gasteiger partial charge on any atom is 0.226 e. The van der Waals surface area contributed by atoms with Crippen molar-refractivity contribution in [1.29, 1.82) is 0 Å². The lowest BCUT2D eigenvalue weighted by Crippen LogP contribution is -2.17. The molecule has 2 heterocycles. The van der Waals surface area contributed by atoms with Crippen LogP contribution in [-0.2, 0) is 13.1 Å². The Morgan fingerprint density at radius 2 is 1.73 bits per heavy atom. The second-order valence-electron chi connectivity index (χ2n) is 6.58. The predicted octanol–water partition coefficient (Wildman–Crippen LogP) is 5.20. The van der Waals surface area contributed by atoms with E-state index < -0.39 is 0 Å². The van der Waals surface area contributed by atoms with Crippen LogP contribution >= 0.6 is 11.3 Å². The molecule has 4 nitrogen and oxygen atoms in total. The molecule has 4 aromatic rings. The molecule has 0 aliphatic carbocycles. The summed E-state index contributed by atoms with van der Waals surface area (Å²) in [6.07, 6.45) is 0. The summed E-state index contributed by atoms with van der Waals surface area (Å²) < 4.78 is 7.16. The minimum atomic E-state index is 0.698. The molecule has 0 saturated heterocycles. The van der Waals surface area contributed by atoms with Crippen molar-refractivity contribution < 1.29 is 4.42 Å². The molecule has 5 heteroatoms. The average molecular weight is 363 g/mol. The van der Waals surface area contributed by atoms with E-state index in [1.807, 2.05) is 25.1 Å². The standard InChI is InChI=1S/C21H21N3OS/c1-14-8-4-5-9-16(14)21-23-18(15(2)25-21)12-24(3)13-20-22-17-10-6-7-11-19(17)26-20/h4-11H,12-13H2,1-3H3. The van der Waals surface area contributed by atoms with E-state index in [0.717, 1.165) is 40.6 Å². The number of oxazole rings is 1. The lowest BCUT2D eigenvalue weighted by Gasteiger charge is -2.13. The van der Waals surface area contributed by atoms with Gasteiger partial charge < -0.3 is 4.42 Å². The lowest BCUT2D eigenvalue weighted by molar-refractivity contribution is 0.313. The molecule has 26 heavy (non-hydrogen) atoms. The number of aryl methyl sites for hydroxylation is 2. The summed E-state index contributed by atoms with van der Waals surface area (Å²) in [5.41, 5.74) is 4.27. The van der Waals surface area contributed by atoms with Gasteiger partial charge in [-0.2, -0.15) is 0 Å². The average Bonchev–Trinajstić information content (AvgIpc) is 3.18. The summed E-state index contributed by atoms with van der Waals surface area (Å²) in [5, 5.41) is 1.12. The van der Waals surface area contributed by atoms with Crippen LogP contribution in [0.2, 0.25) is 0 Å². The van der Waals surface area contributed by atoms with Crippen LogP contribution in [-0.4, -0.2) is 21.9 Å². The molecule has 0 N–H and O–H groups in total. The van der Waals surface area contributed by atoms with Crippen LogP contribution in [0.4, 0.5) is 0 Å². The Morgan fingerprint density at radius 3 is 2.54 bits per heavy atom. The first kappa shape index (κ1) is 16.9. The summed E-state index contributed by atoms with van der Waals surface area (Å²) >= 11 is 1.75. The highest BCUT2D eigenvalue weighted by atomic mass is 32.1. The van der Waals surface area contributed by atoms with E-state index in [4.69, 9.17) is 14.4 Å². The van der Waals surface area contributed by atoms with Crippen LogP contribution in [0.3, 0.4) is 0 Å². The zero-order chi connectivity index (χ0) is 18.1. The van der Waals surface area contributed by atoms with E-state index in [1.165, 1.54) is 10.3 Å². The van der Waals surface area contributed by atoms with E-state index in [1.54, 1.807) is 11.3 Å². The van der Waals surface area contributed by atoms with Gasteiger partial charge in [0.05, 0.1) is 22.5 Å². The quantitative estimate of drug-likeness (QED) is 0.489. The number of aromatic nitrogens is 2. The monoisotopic (exact) mass is 363 g/mol. The Hall–Kier alpha value is -2.50. The fourth-order valence-electron chi connectivity index (χ4n) is 3.03. The molecular weight excluding hydrogens is 342 g/mol. The molecule has 2 aromatic carbocycles. The smallest absolute Gasteiger partial charge is 0.226 e. The first-order valence-corrected chi connectivity index (χ1v) is 9.47. The highest BCUT2D eigenvalue weighted by Crippen LogP contribution is 2.26. The number of para-hydroxylation sites is 1. The third-order valence-electron chi connectivity index (χ3n) is 4.43. The summed E-state index contributed by atoms with van der Waals surface area (Å²) in [5.74, 6) is 1.57. The van der Waals surface area contributed by atoms with E-state index >= 15 is 0 Å². The molecule has 0 amide bonds. The Bertz CT molecular complexity index is 1020. The molecular formula is C21H21N3OS. The molecule has 2 aromatic heterocycles. The van der Waals surface area contributed by atoms with Gasteiger partial charge in [-0.05, 0) is 44.7 Å². The van der Waals surface area contributed by atoms with Gasteiger partial charge in [0.2, 0.25) is 5.89 Å². The van der Waals surface area contributed by atoms with Crippen LogP contribution in [0.15, 0.2) is 52.9 Å². The summed E-state index contributed by atoms with van der Waals surface area (Å²) in [7, 11) is 2.09. The molecule has 4 rings (SSSR count). The van der Waals surface area contributed by atoms with Crippen molar-refractivity contribution in [2.24, 2.45) is 0 Å². The molecule has 0 atom stereocenters. The number of benzene rings is 2. The highest BCUT2D eigenvalue weighted by molar-refractivity contribution is 7.18. The first-order valence-electron chi connectivity index (χ1n) is 8.65. The van der Waals surface area contributed by atoms with E-state index in [0.29, 0.717) is 5.89 Å². The SMILES string of the molecule is Cc1ccccc1-c1nc(CN(C)Cc2nc3ccccc3s2)c(C)o1. The normalized spacial score (nSPS) is 11.5. The van der Waals surface area contributed by atoms with Gasteiger partial charge in [0.25, 0.3) is 0 Å². The molecule has 0 saturated carbocycles. The van der Waals surface area contributed by atoms with Crippen molar-refractivity contribution in [3.05, 3.63) is 70.6 Å². The maximum absolute atomic E-state index is 5.93. The molecule has 0 radical (unpaired) electrons. The Balaban J connectivity index is 1.51. The maximum atomic E-state index is 5.93. The largest absolute Gasteiger partial charge is 0.441 e. The van der Waals surface area contributed by atoms with Gasteiger partial charge in [-0.15, -0.1) is 11.3 Å². The Kier molecular flexibility index (Phi) is 4.57. The van der Waals surface area contributed by atoms with Gasteiger partial charge in [-0.1, -0.05) is 30.3 Å². The van der Waals surface area contributed by atoms with Crippen molar-refractivity contribution in [1.82, 2.24) is 14.9 Å². The van der Waals surface area contributed by atoms with Crippen molar-refractivity contribution in [2.75, 3.05) is 7.05 Å². The van der Waals surface area contributed by atoms with Crippen LogP contribution in [0, 0.1) is 13.8 Å². The Morgan fingerprint density at radius 1 is 0.962 bits per heavy atom. The molecule has 0 spiro atoms. The molecule has 0 bridgehead atoms. The minimum Gasteiger partial charge on any atom is -0.441 e. The molecule has 0 fully saturated rings. The lowest BCUT2D eigenvalue weighted by atomic mass is 10.1. The van der Waals surface area contributed by atoms with Gasteiger partial charge in [-0.25, -0.2) is 9.97 Å². The fraction of sp³-hybridized carbons (Fsp3) is 0.238. The minimum absolute atomic E-state index is 0.698. The first-order chi connectivity index (χ1) is 12.6. The third kappa shape index (κ3) is 3.41. The highest BCUT2D eigenvalue weighted by Gasteiger charge is 2.15. The van der Waals surface area contributed by atoms with Gasteiger partial charge in [0, 0.05) is 12.1 Å². The van der Waals surface area contributed by atoms with Crippen molar-refractivity contribution in [2.45, 2.75) is 26.9 Å². The number of fused-ring (bicyclic) bond motifs is 1. The summed E-state index contributed by atoms with van der Waals surface area (Å²) in [6, 6.07) is 16.4. The topological polar surface area (TPSA) is 42.2 Å². The number of thiazole rings is 1. The Labute approximate surface area is 157 Å². The van der Waals surface area contributed by atoms with Crippen molar-refractivity contribution in [3.8, 4) is 11.5 Å². The molecule has 132 valence electrons. The number of hydrogen-bond donors (Lipinski definition) is 0. The van der Waals surface area contributed by atoms with Crippen LogP contribution in [0.25, 0.3) is 21.7 Å². The zero-order valence-electron chi connectivity index (χ0n) is 15.2. The second kappa shape index (κ2) is 7.02. The van der Waals surface area contributed by atoms with Crippen LogP contribution < -0.4 is 0 Å². The van der Waals surface area contributed by atoms with Gasteiger partial charge in [0.15, 0.2) is 0 Å². The van der Waals surface area contributed by atoms with E-state index in [9.17, 15) is 0 Å². The van der Waals surface area contributed by atoms with Crippen LogP contribution in [0.1, 0.15) is 22.0 Å². The zero-order valence-corrected chi connectivity index (χ0v) is 16.0. The number of rotatable bonds is 5. The van der Waals surface area contributed by atoms with E-state index in [-0.39, 0.29) is 0 Å². The summed E-state index contributed by atoms with van der Waals surface area (Å²) in [6.45, 7) is 5.59. The number of nitrogens with zero attached hydrogens (tertiary/aromatic N) is 3. The fourth-order valence-corrected chi connectivity index (χ4v) is 4.08. The molecule has 0 aliphatic heterocycles. The van der Waals surface area contributed by atoms with Crippen molar-refractivity contribution >= 4 is 21.6 Å². The molecule has 0 unspecified atom stereocenters. The summed E-state index contributed by atoms with van der Waals surface area (Å²) in [4.78, 5) is 11.7. The van der Waals surface area contributed by atoms with Crippen molar-refractivity contribution in [3.63, 3.8) is 0 Å². The predicted molar refractivity (Wildman–Crippen MR) is 106 cm³/mol. The van der Waals surface area contributed by atoms with Gasteiger partial charge in [-0.3, -0.25) is 4.90 Å². The van der Waals surface area contributed by atoms with Gasteiger partial charge in [0.1, 0.15) is 10.8 Å². The molecule has 0 aliphatic rings. The van der Waals surface area contributed by atoms with Crippen LogP contribution in [0.5, 0.6) is 0 Å².